The molecule has 2 amide bonds. The number of hydrogen-bond donors (Lipinski definition) is 2. The second-order valence-corrected chi connectivity index (χ2v) is 11.4. The molecule has 1 unspecified atom stereocenters. The fourth-order valence-electron chi connectivity index (χ4n) is 4.40. The van der Waals surface area contributed by atoms with E-state index < -0.39 is 28.9 Å². The summed E-state index contributed by atoms with van der Waals surface area (Å²) in [5, 5.41) is 6.21. The Balaban J connectivity index is 3.28. The first kappa shape index (κ1) is 31.4. The fraction of sp³-hybridized carbons (Fsp3) is 0.621. The first-order valence-corrected chi connectivity index (χ1v) is 12.7. The monoisotopic (exact) mass is 501 g/mol. The van der Waals surface area contributed by atoms with Crippen LogP contribution < -0.4 is 10.6 Å². The number of rotatable bonds is 11. The number of benzene rings is 1. The van der Waals surface area contributed by atoms with Crippen molar-refractivity contribution in [2.75, 3.05) is 20.7 Å². The molecule has 0 aromatic heterocycles. The zero-order chi connectivity index (χ0) is 27.8. The number of nitrogens with one attached hydrogen (secondary N) is 2. The molecule has 1 aromatic carbocycles. The van der Waals surface area contributed by atoms with Crippen molar-refractivity contribution in [2.24, 2.45) is 11.3 Å². The van der Waals surface area contributed by atoms with Crippen molar-refractivity contribution in [2.45, 2.75) is 85.9 Å². The highest BCUT2D eigenvalue weighted by Crippen LogP contribution is 2.29. The summed E-state index contributed by atoms with van der Waals surface area (Å²) in [6, 6.07) is 8.19. The van der Waals surface area contributed by atoms with Gasteiger partial charge in [0, 0.05) is 18.0 Å². The van der Waals surface area contributed by atoms with Crippen LogP contribution in [0.3, 0.4) is 0 Å². The Kier molecular flexibility index (Phi) is 11.4. The van der Waals surface area contributed by atoms with Crippen LogP contribution in [-0.2, 0) is 24.5 Å². The van der Waals surface area contributed by atoms with Crippen LogP contribution in [0.5, 0.6) is 0 Å². The summed E-state index contributed by atoms with van der Waals surface area (Å²) < 4.78 is 5.11. The van der Waals surface area contributed by atoms with Crippen molar-refractivity contribution in [3.63, 3.8) is 0 Å². The van der Waals surface area contributed by atoms with Gasteiger partial charge in [0.25, 0.3) is 0 Å². The van der Waals surface area contributed by atoms with E-state index in [-0.39, 0.29) is 30.4 Å². The molecule has 0 saturated heterocycles. The van der Waals surface area contributed by atoms with Gasteiger partial charge in [0.15, 0.2) is 0 Å². The van der Waals surface area contributed by atoms with Crippen molar-refractivity contribution in [3.05, 3.63) is 47.5 Å². The minimum atomic E-state index is -0.769. The van der Waals surface area contributed by atoms with Gasteiger partial charge in [0.1, 0.15) is 6.04 Å². The summed E-state index contributed by atoms with van der Waals surface area (Å²) in [4.78, 5) is 41.2. The molecule has 3 atom stereocenters. The van der Waals surface area contributed by atoms with E-state index in [9.17, 15) is 14.4 Å². The highest BCUT2D eigenvalue weighted by atomic mass is 16.5. The Morgan fingerprint density at radius 2 is 1.58 bits per heavy atom. The highest BCUT2D eigenvalue weighted by Gasteiger charge is 2.41. The van der Waals surface area contributed by atoms with Crippen molar-refractivity contribution in [1.82, 2.24) is 15.5 Å². The summed E-state index contributed by atoms with van der Waals surface area (Å²) in [5.41, 5.74) is 0.413. The molecule has 36 heavy (non-hydrogen) atoms. The van der Waals surface area contributed by atoms with E-state index >= 15 is 0 Å². The van der Waals surface area contributed by atoms with E-state index in [0.717, 1.165) is 5.56 Å². The van der Waals surface area contributed by atoms with Gasteiger partial charge in [0.2, 0.25) is 11.8 Å². The number of carbonyl (C=O) groups excluding carboxylic acids is 3. The van der Waals surface area contributed by atoms with E-state index in [0.29, 0.717) is 5.57 Å². The number of likely N-dealkylation sites (N-methyl/N-ethyl adjacent to an activating group) is 2. The molecular formula is C29H47N3O4. The molecule has 0 bridgehead atoms. The van der Waals surface area contributed by atoms with Crippen LogP contribution in [0.1, 0.15) is 67.9 Å². The van der Waals surface area contributed by atoms with E-state index in [1.807, 2.05) is 78.8 Å². The van der Waals surface area contributed by atoms with Crippen molar-refractivity contribution in [3.8, 4) is 0 Å². The number of amides is 2. The maximum atomic E-state index is 13.8. The van der Waals surface area contributed by atoms with Crippen LogP contribution in [0, 0.1) is 11.3 Å². The minimum Gasteiger partial charge on any atom is -0.463 e. The first-order valence-electron chi connectivity index (χ1n) is 12.7. The zero-order valence-electron chi connectivity index (χ0n) is 24.1. The molecule has 0 aliphatic carbocycles. The molecule has 0 aliphatic heterocycles. The summed E-state index contributed by atoms with van der Waals surface area (Å²) in [7, 11) is 3.48. The van der Waals surface area contributed by atoms with Gasteiger partial charge in [-0.25, -0.2) is 4.79 Å². The maximum Gasteiger partial charge on any atom is 0.333 e. The number of nitrogens with zero attached hydrogens (tertiary/aromatic N) is 1. The average molecular weight is 502 g/mol. The van der Waals surface area contributed by atoms with Crippen molar-refractivity contribution in [1.29, 1.82) is 0 Å². The molecule has 1 aromatic rings. The molecule has 0 radical (unpaired) electrons. The Morgan fingerprint density at radius 3 is 2.03 bits per heavy atom. The van der Waals surface area contributed by atoms with Gasteiger partial charge in [0.05, 0.1) is 18.7 Å². The molecule has 0 spiro atoms. The largest absolute Gasteiger partial charge is 0.463 e. The third kappa shape index (κ3) is 7.92. The Morgan fingerprint density at radius 1 is 1.03 bits per heavy atom. The SMILES string of the molecule is CCOC(=O)C(C)=C[C@H](C(C)C)N(C)C(=O)C(NC(=O)[C@@H](NC)C(C)(C)c1ccccc1)C(C)(C)C. The van der Waals surface area contributed by atoms with E-state index in [1.54, 1.807) is 38.9 Å². The van der Waals surface area contributed by atoms with Crippen molar-refractivity contribution >= 4 is 17.8 Å². The first-order chi connectivity index (χ1) is 16.6. The average Bonchev–Trinajstić information content (AvgIpc) is 2.80. The molecule has 0 heterocycles. The Labute approximate surface area is 218 Å². The lowest BCUT2D eigenvalue weighted by Crippen LogP contribution is -2.61. The molecule has 0 aliphatic rings. The Hall–Kier alpha value is -2.67. The Bertz CT molecular complexity index is 916. The van der Waals surface area contributed by atoms with Gasteiger partial charge in [-0.3, -0.25) is 9.59 Å². The van der Waals surface area contributed by atoms with Crippen LogP contribution in [-0.4, -0.2) is 61.5 Å². The molecule has 0 fully saturated rings. The van der Waals surface area contributed by atoms with Gasteiger partial charge in [-0.15, -0.1) is 0 Å². The molecule has 7 heteroatoms. The summed E-state index contributed by atoms with van der Waals surface area (Å²) >= 11 is 0. The molecule has 2 N–H and O–H groups in total. The van der Waals surface area contributed by atoms with Gasteiger partial charge >= 0.3 is 5.97 Å². The lowest BCUT2D eigenvalue weighted by atomic mass is 9.76. The number of ether oxygens (including phenoxy) is 1. The number of esters is 1. The normalized spacial score (nSPS) is 15.2. The molecular weight excluding hydrogens is 454 g/mol. The summed E-state index contributed by atoms with van der Waals surface area (Å²) in [6.07, 6.45) is 1.77. The second kappa shape index (κ2) is 13.0. The molecule has 1 rings (SSSR count). The third-order valence-corrected chi connectivity index (χ3v) is 6.69. The molecule has 0 saturated carbocycles. The lowest BCUT2D eigenvalue weighted by molar-refractivity contribution is -0.141. The summed E-state index contributed by atoms with van der Waals surface area (Å²) in [5.74, 6) is -0.811. The van der Waals surface area contributed by atoms with E-state index in [1.165, 1.54) is 0 Å². The standard InChI is InChI=1S/C29H47N3O4/c1-12-36-27(35)20(4)18-22(19(2)3)32(11)26(34)24(28(5,6)7)31-25(33)23(30-10)29(8,9)21-16-14-13-15-17-21/h13-19,22-24,30H,12H2,1-11H3,(H,31,33)/t22-,23-,24?/m1/s1. The third-order valence-electron chi connectivity index (χ3n) is 6.69. The van der Waals surface area contributed by atoms with Gasteiger partial charge in [-0.2, -0.15) is 0 Å². The van der Waals surface area contributed by atoms with Crippen LogP contribution in [0.15, 0.2) is 42.0 Å². The predicted octanol–water partition coefficient (Wildman–Crippen LogP) is 4.08. The zero-order valence-corrected chi connectivity index (χ0v) is 24.1. The van der Waals surface area contributed by atoms with Crippen LogP contribution in [0.25, 0.3) is 0 Å². The van der Waals surface area contributed by atoms with E-state index in [4.69, 9.17) is 4.74 Å². The quantitative estimate of drug-likeness (QED) is 0.352. The fourth-order valence-corrected chi connectivity index (χ4v) is 4.40. The lowest BCUT2D eigenvalue weighted by Gasteiger charge is -2.40. The number of hydrogen-bond acceptors (Lipinski definition) is 5. The molecule has 7 nitrogen and oxygen atoms in total. The smallest absolute Gasteiger partial charge is 0.333 e. The van der Waals surface area contributed by atoms with Gasteiger partial charge in [-0.05, 0) is 37.8 Å². The summed E-state index contributed by atoms with van der Waals surface area (Å²) in [6.45, 7) is 17.6. The van der Waals surface area contributed by atoms with Crippen molar-refractivity contribution < 1.29 is 19.1 Å². The topological polar surface area (TPSA) is 87.7 Å². The maximum absolute atomic E-state index is 13.8. The van der Waals surface area contributed by atoms with E-state index in [2.05, 4.69) is 10.6 Å². The van der Waals surface area contributed by atoms with Gasteiger partial charge in [-0.1, -0.05) is 84.9 Å². The van der Waals surface area contributed by atoms with Crippen LogP contribution in [0.4, 0.5) is 0 Å². The number of carbonyl (C=O) groups is 3. The minimum absolute atomic E-state index is 0.0433. The van der Waals surface area contributed by atoms with Crippen LogP contribution >= 0.6 is 0 Å². The van der Waals surface area contributed by atoms with Crippen LogP contribution in [0.2, 0.25) is 0 Å². The molecule has 202 valence electrons. The van der Waals surface area contributed by atoms with Gasteiger partial charge < -0.3 is 20.3 Å². The predicted molar refractivity (Wildman–Crippen MR) is 145 cm³/mol. The second-order valence-electron chi connectivity index (χ2n) is 11.4. The highest BCUT2D eigenvalue weighted by molar-refractivity contribution is 5.92.